The number of methoxy groups -OCH3 is 1. The molecule has 0 spiro atoms. The lowest BCUT2D eigenvalue weighted by molar-refractivity contribution is -0.156. The van der Waals surface area contributed by atoms with Crippen LogP contribution < -0.4 is 0 Å². The van der Waals surface area contributed by atoms with Gasteiger partial charge in [0.05, 0.1) is 12.5 Å². The maximum Gasteiger partial charge on any atom is 0.313 e. The van der Waals surface area contributed by atoms with Crippen molar-refractivity contribution in [1.82, 2.24) is 0 Å². The Morgan fingerprint density at radius 1 is 1.40 bits per heavy atom. The summed E-state index contributed by atoms with van der Waals surface area (Å²) in [6, 6.07) is 0. The number of carbonyl (C=O) groups is 1. The van der Waals surface area contributed by atoms with Crippen molar-refractivity contribution in [2.75, 3.05) is 7.11 Å². The molecule has 1 heterocycles. The summed E-state index contributed by atoms with van der Waals surface area (Å²) in [7, 11) is 1.45. The predicted molar refractivity (Wildman–Crippen MR) is 54.7 cm³/mol. The molecule has 1 aliphatic heterocycles. The molecule has 4 heteroatoms. The van der Waals surface area contributed by atoms with Crippen molar-refractivity contribution >= 4 is 11.9 Å². The van der Waals surface area contributed by atoms with Crippen molar-refractivity contribution in [3.05, 3.63) is 0 Å². The summed E-state index contributed by atoms with van der Waals surface area (Å²) in [6.07, 6.45) is 1.46. The fourth-order valence-electron chi connectivity index (χ4n) is 2.91. The molecule has 84 valence electrons. The van der Waals surface area contributed by atoms with Crippen LogP contribution in [0.1, 0.15) is 33.6 Å². The van der Waals surface area contributed by atoms with Gasteiger partial charge in [-0.2, -0.15) is 0 Å². The lowest BCUT2D eigenvalue weighted by atomic mass is 9.66. The minimum Gasteiger partial charge on any atom is -0.482 e. The Kier molecular flexibility index (Phi) is 1.77. The zero-order chi connectivity index (χ0) is 11.5. The van der Waals surface area contributed by atoms with E-state index in [0.29, 0.717) is 6.42 Å². The normalized spacial score (nSPS) is 41.5. The van der Waals surface area contributed by atoms with Crippen molar-refractivity contribution in [3.63, 3.8) is 0 Å². The second kappa shape index (κ2) is 2.54. The van der Waals surface area contributed by atoms with Crippen molar-refractivity contribution in [2.24, 2.45) is 10.8 Å². The van der Waals surface area contributed by atoms with Gasteiger partial charge >= 0.3 is 5.97 Å². The first-order chi connectivity index (χ1) is 6.82. The number of hydrogen-bond donors (Lipinski definition) is 1. The molecule has 15 heavy (non-hydrogen) atoms. The van der Waals surface area contributed by atoms with Crippen LogP contribution >= 0.6 is 0 Å². The molecule has 2 bridgehead atoms. The van der Waals surface area contributed by atoms with E-state index in [-0.39, 0.29) is 17.3 Å². The third-order valence-electron chi connectivity index (χ3n) is 4.65. The summed E-state index contributed by atoms with van der Waals surface area (Å²) in [4.78, 5) is 11.8. The first kappa shape index (κ1) is 10.5. The van der Waals surface area contributed by atoms with Gasteiger partial charge in [-0.3, -0.25) is 10.2 Å². The fraction of sp³-hybridized carbons (Fsp3) is 0.818. The van der Waals surface area contributed by atoms with Crippen LogP contribution in [-0.2, 0) is 14.3 Å². The molecular weight excluding hydrogens is 194 g/mol. The van der Waals surface area contributed by atoms with E-state index < -0.39 is 11.0 Å². The summed E-state index contributed by atoms with van der Waals surface area (Å²) in [6.45, 7) is 5.89. The first-order valence-corrected chi connectivity index (χ1v) is 5.18. The van der Waals surface area contributed by atoms with Crippen LogP contribution in [0.3, 0.4) is 0 Å². The highest BCUT2D eigenvalue weighted by atomic mass is 16.6. The lowest BCUT2D eigenvalue weighted by Crippen LogP contribution is -2.48. The molecule has 1 N–H and O–H groups in total. The molecule has 0 aromatic heterocycles. The van der Waals surface area contributed by atoms with Crippen LogP contribution in [0, 0.1) is 16.2 Å². The van der Waals surface area contributed by atoms with Crippen molar-refractivity contribution < 1.29 is 14.3 Å². The average molecular weight is 211 g/mol. The smallest absolute Gasteiger partial charge is 0.313 e. The zero-order valence-electron chi connectivity index (χ0n) is 9.64. The van der Waals surface area contributed by atoms with Crippen LogP contribution in [0.4, 0.5) is 0 Å². The Morgan fingerprint density at radius 2 is 2.00 bits per heavy atom. The lowest BCUT2D eigenvalue weighted by Gasteiger charge is -2.35. The average Bonchev–Trinajstić information content (AvgIpc) is 2.47. The van der Waals surface area contributed by atoms with Gasteiger partial charge < -0.3 is 9.47 Å². The highest BCUT2D eigenvalue weighted by Gasteiger charge is 2.75. The van der Waals surface area contributed by atoms with Gasteiger partial charge in [-0.1, -0.05) is 13.8 Å². The highest BCUT2D eigenvalue weighted by molar-refractivity contribution is 5.94. The third kappa shape index (κ3) is 0.840. The van der Waals surface area contributed by atoms with Crippen LogP contribution in [-0.4, -0.2) is 24.6 Å². The Hall–Kier alpha value is -1.06. The molecule has 2 rings (SSSR count). The highest BCUT2D eigenvalue weighted by Crippen LogP contribution is 2.65. The molecule has 0 amide bonds. The Bertz CT molecular complexity index is 350. The Labute approximate surface area is 89.5 Å². The monoisotopic (exact) mass is 211 g/mol. The third-order valence-corrected chi connectivity index (χ3v) is 4.65. The molecule has 1 aliphatic carbocycles. The number of nitrogens with one attached hydrogen (secondary N) is 1. The predicted octanol–water partition coefficient (Wildman–Crippen LogP) is 1.73. The molecule has 0 unspecified atom stereocenters. The van der Waals surface area contributed by atoms with E-state index in [4.69, 9.17) is 14.9 Å². The van der Waals surface area contributed by atoms with Crippen LogP contribution in [0.5, 0.6) is 0 Å². The molecule has 0 aromatic rings. The largest absolute Gasteiger partial charge is 0.482 e. The summed E-state index contributed by atoms with van der Waals surface area (Å²) in [5.74, 6) is -0.123. The van der Waals surface area contributed by atoms with E-state index >= 15 is 0 Å². The van der Waals surface area contributed by atoms with E-state index in [1.807, 2.05) is 20.8 Å². The number of hydrogen-bond acceptors (Lipinski definition) is 4. The number of carbonyl (C=O) groups excluding carboxylic acids is 1. The fourth-order valence-corrected chi connectivity index (χ4v) is 2.91. The van der Waals surface area contributed by atoms with Gasteiger partial charge in [0.2, 0.25) is 5.90 Å². The topological polar surface area (TPSA) is 59.4 Å². The Balaban J connectivity index is 2.54. The van der Waals surface area contributed by atoms with E-state index in [0.717, 1.165) is 6.42 Å². The summed E-state index contributed by atoms with van der Waals surface area (Å²) in [5.41, 5.74) is -1.68. The van der Waals surface area contributed by atoms with Gasteiger partial charge in [-0.05, 0) is 19.8 Å². The minimum absolute atomic E-state index is 0.0714. The quantitative estimate of drug-likeness (QED) is 0.408. The maximum atomic E-state index is 11.8. The second-order valence-electron chi connectivity index (χ2n) is 5.21. The van der Waals surface area contributed by atoms with E-state index in [1.54, 1.807) is 0 Å². The standard InChI is InChI=1S/C11H17NO3/c1-9(2)10(3)5-6-11(9,7(12)14-4)15-8(10)13/h12H,5-6H2,1-4H3/t10-,11+/m1/s1. The van der Waals surface area contributed by atoms with Gasteiger partial charge in [0.1, 0.15) is 0 Å². The molecule has 4 nitrogen and oxygen atoms in total. The molecule has 1 saturated heterocycles. The van der Waals surface area contributed by atoms with Crippen LogP contribution in [0.15, 0.2) is 0 Å². The zero-order valence-corrected chi connectivity index (χ0v) is 9.64. The summed E-state index contributed by atoms with van der Waals surface area (Å²) in [5, 5.41) is 7.84. The summed E-state index contributed by atoms with van der Waals surface area (Å²) < 4.78 is 10.4. The molecule has 2 fully saturated rings. The number of rotatable bonds is 1. The number of ether oxygens (including phenoxy) is 2. The summed E-state index contributed by atoms with van der Waals surface area (Å²) >= 11 is 0. The van der Waals surface area contributed by atoms with Gasteiger partial charge in [0.25, 0.3) is 0 Å². The van der Waals surface area contributed by atoms with Crippen molar-refractivity contribution in [1.29, 1.82) is 5.41 Å². The second-order valence-corrected chi connectivity index (χ2v) is 5.21. The van der Waals surface area contributed by atoms with Gasteiger partial charge in [-0.15, -0.1) is 0 Å². The van der Waals surface area contributed by atoms with Crippen molar-refractivity contribution in [2.45, 2.75) is 39.2 Å². The van der Waals surface area contributed by atoms with Gasteiger partial charge in [-0.25, -0.2) is 0 Å². The molecule has 0 radical (unpaired) electrons. The Morgan fingerprint density at radius 3 is 2.33 bits per heavy atom. The van der Waals surface area contributed by atoms with E-state index in [9.17, 15) is 4.79 Å². The number of fused-ring (bicyclic) bond motifs is 2. The SMILES string of the molecule is COC(=N)[C@]12CC[C@](C)(C(=O)O1)C2(C)C. The van der Waals surface area contributed by atoms with Crippen molar-refractivity contribution in [3.8, 4) is 0 Å². The molecule has 1 saturated carbocycles. The minimum atomic E-state index is -0.840. The number of esters is 1. The maximum absolute atomic E-state index is 11.8. The molecule has 0 aromatic carbocycles. The van der Waals surface area contributed by atoms with Crippen LogP contribution in [0.25, 0.3) is 0 Å². The van der Waals surface area contributed by atoms with Crippen LogP contribution in [0.2, 0.25) is 0 Å². The van der Waals surface area contributed by atoms with Gasteiger partial charge in [0.15, 0.2) is 5.60 Å². The molecular formula is C11H17NO3. The molecule has 2 aliphatic rings. The molecule has 2 atom stereocenters. The first-order valence-electron chi connectivity index (χ1n) is 5.18. The van der Waals surface area contributed by atoms with E-state index in [2.05, 4.69) is 0 Å². The van der Waals surface area contributed by atoms with E-state index in [1.165, 1.54) is 7.11 Å². The van der Waals surface area contributed by atoms with Gasteiger partial charge in [0, 0.05) is 5.41 Å².